The molecule has 1 atom stereocenters. The van der Waals surface area contributed by atoms with E-state index in [0.29, 0.717) is 25.3 Å². The van der Waals surface area contributed by atoms with Crippen LogP contribution in [0.5, 0.6) is 0 Å². The number of amides is 1. The van der Waals surface area contributed by atoms with E-state index < -0.39 is 0 Å². The maximum atomic E-state index is 13.0. The van der Waals surface area contributed by atoms with E-state index in [1.807, 2.05) is 31.2 Å². The van der Waals surface area contributed by atoms with Crippen molar-refractivity contribution in [1.82, 2.24) is 14.7 Å². The predicted molar refractivity (Wildman–Crippen MR) is 101 cm³/mol. The van der Waals surface area contributed by atoms with Crippen molar-refractivity contribution in [2.45, 2.75) is 26.7 Å². The maximum absolute atomic E-state index is 13.0. The molecule has 1 aromatic carbocycles. The highest BCUT2D eigenvalue weighted by atomic mass is 79.9. The SMILES string of the molecule is CCOC(=O)[C@H]1CCCN(C(=O)c2cnn(-c3ccc(Br)cc3)c2C)C1. The molecule has 138 valence electrons. The van der Waals surface area contributed by atoms with Gasteiger partial charge in [-0.15, -0.1) is 0 Å². The molecular weight excluding hydrogens is 398 g/mol. The van der Waals surface area contributed by atoms with Crippen LogP contribution in [0, 0.1) is 12.8 Å². The van der Waals surface area contributed by atoms with Gasteiger partial charge in [-0.2, -0.15) is 5.10 Å². The molecule has 2 aromatic rings. The standard InChI is InChI=1S/C19H22BrN3O3/c1-3-26-19(25)14-5-4-10-22(12-14)18(24)17-11-21-23(13(17)2)16-8-6-15(20)7-9-16/h6-9,11,14H,3-5,10,12H2,1-2H3/t14-/m0/s1. The van der Waals surface area contributed by atoms with E-state index in [2.05, 4.69) is 21.0 Å². The molecule has 1 aliphatic heterocycles. The topological polar surface area (TPSA) is 64.4 Å². The molecule has 1 aromatic heterocycles. The molecule has 3 rings (SSSR count). The number of carbonyl (C=O) groups excluding carboxylic acids is 2. The van der Waals surface area contributed by atoms with E-state index in [1.165, 1.54) is 0 Å². The molecule has 0 radical (unpaired) electrons. The van der Waals surface area contributed by atoms with Gasteiger partial charge in [0.25, 0.3) is 5.91 Å². The molecule has 0 N–H and O–H groups in total. The molecule has 1 saturated heterocycles. The predicted octanol–water partition coefficient (Wildman–Crippen LogP) is 3.36. The summed E-state index contributed by atoms with van der Waals surface area (Å²) in [7, 11) is 0. The molecule has 0 aliphatic carbocycles. The van der Waals surface area contributed by atoms with Crippen molar-refractivity contribution in [1.29, 1.82) is 0 Å². The highest BCUT2D eigenvalue weighted by Crippen LogP contribution is 2.22. The summed E-state index contributed by atoms with van der Waals surface area (Å²) in [6.07, 6.45) is 3.17. The van der Waals surface area contributed by atoms with Crippen LogP contribution >= 0.6 is 15.9 Å². The summed E-state index contributed by atoms with van der Waals surface area (Å²) in [6.45, 7) is 5.10. The normalized spacial score (nSPS) is 17.2. The van der Waals surface area contributed by atoms with Crippen molar-refractivity contribution in [2.24, 2.45) is 5.92 Å². The Hall–Kier alpha value is -2.15. The van der Waals surface area contributed by atoms with Gasteiger partial charge < -0.3 is 9.64 Å². The first-order valence-corrected chi connectivity index (χ1v) is 9.57. The highest BCUT2D eigenvalue weighted by molar-refractivity contribution is 9.10. The average Bonchev–Trinajstić information content (AvgIpc) is 3.03. The summed E-state index contributed by atoms with van der Waals surface area (Å²) in [5.41, 5.74) is 2.25. The molecule has 0 bridgehead atoms. The third kappa shape index (κ3) is 3.82. The Morgan fingerprint density at radius 2 is 2.04 bits per heavy atom. The summed E-state index contributed by atoms with van der Waals surface area (Å²) < 4.78 is 7.86. The van der Waals surface area contributed by atoms with Crippen molar-refractivity contribution < 1.29 is 14.3 Å². The van der Waals surface area contributed by atoms with E-state index in [0.717, 1.165) is 28.7 Å². The number of piperidine rings is 1. The van der Waals surface area contributed by atoms with Crippen molar-refractivity contribution >= 4 is 27.8 Å². The Bertz CT molecular complexity index is 801. The van der Waals surface area contributed by atoms with Crippen LogP contribution in [0.25, 0.3) is 5.69 Å². The highest BCUT2D eigenvalue weighted by Gasteiger charge is 2.31. The zero-order chi connectivity index (χ0) is 18.7. The molecule has 2 heterocycles. The Kier molecular flexibility index (Phi) is 5.76. The maximum Gasteiger partial charge on any atom is 0.310 e. The fraction of sp³-hybridized carbons (Fsp3) is 0.421. The fourth-order valence-corrected chi connectivity index (χ4v) is 3.51. The van der Waals surface area contributed by atoms with Crippen LogP contribution < -0.4 is 0 Å². The number of aromatic nitrogens is 2. The molecular formula is C19H22BrN3O3. The van der Waals surface area contributed by atoms with Crippen molar-refractivity contribution in [3.8, 4) is 5.69 Å². The largest absolute Gasteiger partial charge is 0.466 e. The smallest absolute Gasteiger partial charge is 0.310 e. The Morgan fingerprint density at radius 3 is 2.73 bits per heavy atom. The number of ether oxygens (including phenoxy) is 1. The van der Waals surface area contributed by atoms with Crippen LogP contribution in [0.4, 0.5) is 0 Å². The van der Waals surface area contributed by atoms with Gasteiger partial charge in [0.15, 0.2) is 0 Å². The first kappa shape index (κ1) is 18.6. The van der Waals surface area contributed by atoms with E-state index in [4.69, 9.17) is 4.74 Å². The number of nitrogens with zero attached hydrogens (tertiary/aromatic N) is 3. The summed E-state index contributed by atoms with van der Waals surface area (Å²) in [5.74, 6) is -0.540. The second-order valence-electron chi connectivity index (χ2n) is 6.37. The van der Waals surface area contributed by atoms with Gasteiger partial charge in [0.1, 0.15) is 0 Å². The number of likely N-dealkylation sites (tertiary alicyclic amines) is 1. The Balaban J connectivity index is 1.78. The third-order valence-corrected chi connectivity index (χ3v) is 5.17. The average molecular weight is 420 g/mol. The van der Waals surface area contributed by atoms with Gasteiger partial charge >= 0.3 is 5.97 Å². The first-order chi connectivity index (χ1) is 12.5. The van der Waals surface area contributed by atoms with Crippen molar-refractivity contribution in [2.75, 3.05) is 19.7 Å². The Morgan fingerprint density at radius 1 is 1.31 bits per heavy atom. The summed E-state index contributed by atoms with van der Waals surface area (Å²) in [5, 5.41) is 4.38. The number of carbonyl (C=O) groups is 2. The molecule has 0 unspecified atom stereocenters. The van der Waals surface area contributed by atoms with Crippen molar-refractivity contribution in [3.63, 3.8) is 0 Å². The van der Waals surface area contributed by atoms with Gasteiger partial charge in [-0.3, -0.25) is 9.59 Å². The minimum atomic E-state index is -0.241. The molecule has 26 heavy (non-hydrogen) atoms. The zero-order valence-electron chi connectivity index (χ0n) is 14.9. The van der Waals surface area contributed by atoms with Gasteiger partial charge in [-0.05, 0) is 51.0 Å². The van der Waals surface area contributed by atoms with E-state index >= 15 is 0 Å². The lowest BCUT2D eigenvalue weighted by molar-refractivity contribution is -0.149. The number of benzene rings is 1. The molecule has 1 fully saturated rings. The number of halogens is 1. The van der Waals surface area contributed by atoms with E-state index in [9.17, 15) is 9.59 Å². The second kappa shape index (κ2) is 8.03. The lowest BCUT2D eigenvalue weighted by atomic mass is 9.97. The minimum absolute atomic E-state index is 0.0835. The molecule has 1 amide bonds. The van der Waals surface area contributed by atoms with Crippen LogP contribution in [-0.4, -0.2) is 46.3 Å². The molecule has 7 heteroatoms. The number of hydrogen-bond acceptors (Lipinski definition) is 4. The Labute approximate surface area is 161 Å². The number of esters is 1. The summed E-state index contributed by atoms with van der Waals surface area (Å²) in [6, 6.07) is 7.76. The molecule has 1 aliphatic rings. The van der Waals surface area contributed by atoms with E-state index in [1.54, 1.807) is 22.7 Å². The van der Waals surface area contributed by atoms with Crippen LogP contribution in [0.15, 0.2) is 34.9 Å². The van der Waals surface area contributed by atoms with Gasteiger partial charge in [0, 0.05) is 17.6 Å². The van der Waals surface area contributed by atoms with E-state index in [-0.39, 0.29) is 17.8 Å². The number of hydrogen-bond donors (Lipinski definition) is 0. The lowest BCUT2D eigenvalue weighted by Gasteiger charge is -2.31. The fourth-order valence-electron chi connectivity index (χ4n) is 3.25. The quantitative estimate of drug-likeness (QED) is 0.712. The van der Waals surface area contributed by atoms with Crippen LogP contribution in [0.3, 0.4) is 0 Å². The molecule has 6 nitrogen and oxygen atoms in total. The number of rotatable bonds is 4. The summed E-state index contributed by atoms with van der Waals surface area (Å²) >= 11 is 3.42. The van der Waals surface area contributed by atoms with Crippen LogP contribution in [-0.2, 0) is 9.53 Å². The molecule has 0 saturated carbocycles. The third-order valence-electron chi connectivity index (χ3n) is 4.64. The minimum Gasteiger partial charge on any atom is -0.466 e. The van der Waals surface area contributed by atoms with Gasteiger partial charge in [-0.1, -0.05) is 15.9 Å². The molecule has 0 spiro atoms. The second-order valence-corrected chi connectivity index (χ2v) is 7.29. The van der Waals surface area contributed by atoms with Crippen molar-refractivity contribution in [3.05, 3.63) is 46.2 Å². The van der Waals surface area contributed by atoms with Gasteiger partial charge in [0.05, 0.1) is 35.7 Å². The van der Waals surface area contributed by atoms with Crippen LogP contribution in [0.1, 0.15) is 35.8 Å². The first-order valence-electron chi connectivity index (χ1n) is 8.77. The van der Waals surface area contributed by atoms with Crippen LogP contribution in [0.2, 0.25) is 0 Å². The lowest BCUT2D eigenvalue weighted by Crippen LogP contribution is -2.43. The zero-order valence-corrected chi connectivity index (χ0v) is 16.5. The monoisotopic (exact) mass is 419 g/mol. The van der Waals surface area contributed by atoms with Gasteiger partial charge in [0.2, 0.25) is 0 Å². The summed E-state index contributed by atoms with van der Waals surface area (Å²) in [4.78, 5) is 26.7. The van der Waals surface area contributed by atoms with Gasteiger partial charge in [-0.25, -0.2) is 4.68 Å².